The van der Waals surface area contributed by atoms with Crippen molar-refractivity contribution in [2.75, 3.05) is 31.5 Å². The summed E-state index contributed by atoms with van der Waals surface area (Å²) < 4.78 is 23.4. The van der Waals surface area contributed by atoms with Crippen molar-refractivity contribution in [2.24, 2.45) is 0 Å². The van der Waals surface area contributed by atoms with Gasteiger partial charge in [0, 0.05) is 23.5 Å². The lowest BCUT2D eigenvalue weighted by Gasteiger charge is -2.24. The van der Waals surface area contributed by atoms with Crippen molar-refractivity contribution in [3.8, 4) is 11.8 Å². The fraction of sp³-hybridized carbons (Fsp3) is 0.361. The van der Waals surface area contributed by atoms with Crippen molar-refractivity contribution in [2.45, 2.75) is 64.7 Å². The first kappa shape index (κ1) is 32.1. The van der Waals surface area contributed by atoms with E-state index in [0.717, 1.165) is 33.2 Å². The van der Waals surface area contributed by atoms with E-state index in [0.29, 0.717) is 18.6 Å². The third-order valence-electron chi connectivity index (χ3n) is 8.70. The lowest BCUT2D eigenvalue weighted by molar-refractivity contribution is -0.105. The van der Waals surface area contributed by atoms with Gasteiger partial charge in [-0.3, -0.25) is 4.79 Å². The molecule has 0 saturated carbocycles. The van der Waals surface area contributed by atoms with Crippen molar-refractivity contribution in [1.82, 2.24) is 15.0 Å². The Bertz CT molecular complexity index is 1920. The van der Waals surface area contributed by atoms with Gasteiger partial charge in [0.1, 0.15) is 5.76 Å². The van der Waals surface area contributed by atoms with Gasteiger partial charge in [-0.2, -0.15) is 9.97 Å². The first-order valence-electron chi connectivity index (χ1n) is 15.6. The van der Waals surface area contributed by atoms with Crippen molar-refractivity contribution < 1.29 is 28.5 Å². The van der Waals surface area contributed by atoms with Gasteiger partial charge < -0.3 is 39.4 Å². The Kier molecular flexibility index (Phi) is 8.46. The number of H-pyrrole nitrogens is 1. The maximum Gasteiger partial charge on any atom is 0.291 e. The zero-order valence-corrected chi connectivity index (χ0v) is 27.8. The molecule has 4 heterocycles. The Morgan fingerprint density at radius 3 is 2.34 bits per heavy atom. The highest BCUT2D eigenvalue weighted by Gasteiger charge is 2.43. The van der Waals surface area contributed by atoms with Gasteiger partial charge in [-0.1, -0.05) is 30.3 Å². The lowest BCUT2D eigenvalue weighted by Crippen LogP contribution is -2.27. The van der Waals surface area contributed by atoms with Gasteiger partial charge in [0.25, 0.3) is 5.91 Å². The zero-order valence-electron chi connectivity index (χ0n) is 27.8. The maximum atomic E-state index is 13.3. The van der Waals surface area contributed by atoms with Crippen LogP contribution in [-0.4, -0.2) is 52.8 Å². The summed E-state index contributed by atoms with van der Waals surface area (Å²) in [6.45, 7) is 10.3. The van der Waals surface area contributed by atoms with Crippen LogP contribution in [0.3, 0.4) is 0 Å². The molecule has 1 aliphatic rings. The molecule has 0 spiro atoms. The maximum absolute atomic E-state index is 13.3. The summed E-state index contributed by atoms with van der Waals surface area (Å²) in [5.41, 5.74) is 6.03. The molecule has 1 amide bonds. The van der Waals surface area contributed by atoms with E-state index in [1.165, 1.54) is 19.8 Å². The molecule has 11 nitrogen and oxygen atoms in total. The SMILES string of the molecule is COc1nc(NC(CO)Cc2c[nH]c3ccccc23)nc(OC)c1NC(=O)c1ccc(Cc2cc3c(cc2C)C(C)(C)OC3(C)C)o1. The molecular formula is C36H41N5O6. The van der Waals surface area contributed by atoms with Gasteiger partial charge in [-0.25, -0.2) is 0 Å². The number of aryl methyl sites for hydroxylation is 1. The average molecular weight is 640 g/mol. The molecule has 11 heteroatoms. The van der Waals surface area contributed by atoms with Gasteiger partial charge in [0.15, 0.2) is 11.4 Å². The number of carbonyl (C=O) groups is 1. The summed E-state index contributed by atoms with van der Waals surface area (Å²) in [6, 6.07) is 15.4. The number of para-hydroxylation sites is 1. The minimum absolute atomic E-state index is 0.0878. The molecule has 246 valence electrons. The number of hydrogen-bond donors (Lipinski definition) is 4. The number of aliphatic hydroxyl groups excluding tert-OH is 1. The molecule has 1 aliphatic heterocycles. The van der Waals surface area contributed by atoms with Crippen LogP contribution in [0.1, 0.15) is 71.8 Å². The third kappa shape index (κ3) is 6.28. The second-order valence-corrected chi connectivity index (χ2v) is 12.9. The van der Waals surface area contributed by atoms with Crippen LogP contribution < -0.4 is 20.1 Å². The van der Waals surface area contributed by atoms with Gasteiger partial charge >= 0.3 is 0 Å². The molecule has 1 unspecified atom stereocenters. The van der Waals surface area contributed by atoms with Gasteiger partial charge in [0.2, 0.25) is 17.7 Å². The first-order chi connectivity index (χ1) is 22.4. The van der Waals surface area contributed by atoms with Gasteiger partial charge in [-0.15, -0.1) is 0 Å². The van der Waals surface area contributed by atoms with Crippen molar-refractivity contribution in [1.29, 1.82) is 0 Å². The number of aliphatic hydroxyl groups is 1. The third-order valence-corrected chi connectivity index (χ3v) is 8.70. The van der Waals surface area contributed by atoms with E-state index >= 15 is 0 Å². The van der Waals surface area contributed by atoms with Crippen LogP contribution in [0.25, 0.3) is 10.9 Å². The van der Waals surface area contributed by atoms with Crippen molar-refractivity contribution in [3.63, 3.8) is 0 Å². The number of aromatic amines is 1. The quantitative estimate of drug-likeness (QED) is 0.132. The number of benzene rings is 2. The predicted octanol–water partition coefficient (Wildman–Crippen LogP) is 6.24. The van der Waals surface area contributed by atoms with Crippen LogP contribution in [-0.2, 0) is 28.8 Å². The number of fused-ring (bicyclic) bond motifs is 2. The number of anilines is 2. The molecule has 3 aromatic heterocycles. The number of aromatic nitrogens is 3. The van der Waals surface area contributed by atoms with Crippen LogP contribution in [0.2, 0.25) is 0 Å². The largest absolute Gasteiger partial charge is 0.479 e. The van der Waals surface area contributed by atoms with E-state index < -0.39 is 17.6 Å². The van der Waals surface area contributed by atoms with E-state index in [1.54, 1.807) is 12.1 Å². The van der Waals surface area contributed by atoms with E-state index in [4.69, 9.17) is 18.6 Å². The summed E-state index contributed by atoms with van der Waals surface area (Å²) >= 11 is 0. The number of nitrogens with zero attached hydrogens (tertiary/aromatic N) is 2. The molecule has 2 aromatic carbocycles. The minimum Gasteiger partial charge on any atom is -0.479 e. The molecule has 0 fully saturated rings. The monoisotopic (exact) mass is 639 g/mol. The van der Waals surface area contributed by atoms with Gasteiger partial charge in [0.05, 0.1) is 38.1 Å². The van der Waals surface area contributed by atoms with E-state index in [1.807, 2.05) is 30.5 Å². The van der Waals surface area contributed by atoms with E-state index in [9.17, 15) is 9.90 Å². The number of amides is 1. The Hall–Kier alpha value is -4.87. The molecule has 0 aliphatic carbocycles. The fourth-order valence-electron chi connectivity index (χ4n) is 6.44. The molecule has 47 heavy (non-hydrogen) atoms. The molecule has 0 radical (unpaired) electrons. The standard InChI is InChI=1S/C36H41N5O6/c1-20-14-26-27(36(4,5)47-35(26,2)3)17-21(20)16-24-12-13-29(46-24)31(43)39-30-32(44-6)40-34(41-33(30)45-7)38-23(19-42)15-22-18-37-28-11-9-8-10-25(22)28/h8-14,17-18,23,37,42H,15-16,19H2,1-7H3,(H,39,43)(H,38,40,41). The van der Waals surface area contributed by atoms with Crippen molar-refractivity contribution in [3.05, 3.63) is 94.1 Å². The van der Waals surface area contributed by atoms with Crippen molar-refractivity contribution >= 4 is 28.4 Å². The topological polar surface area (TPSA) is 144 Å². The summed E-state index contributed by atoms with van der Waals surface area (Å²) in [7, 11) is 2.88. The Balaban J connectivity index is 1.18. The Labute approximate surface area is 273 Å². The van der Waals surface area contributed by atoms with E-state index in [-0.39, 0.29) is 41.4 Å². The molecule has 0 saturated heterocycles. The average Bonchev–Trinajstić information content (AvgIpc) is 3.72. The Morgan fingerprint density at radius 2 is 1.66 bits per heavy atom. The number of rotatable bonds is 11. The summed E-state index contributed by atoms with van der Waals surface area (Å²) in [5, 5.41) is 17.2. The summed E-state index contributed by atoms with van der Waals surface area (Å²) in [6.07, 6.45) is 2.96. The van der Waals surface area contributed by atoms with Gasteiger partial charge in [-0.05, 0) is 87.1 Å². The molecule has 6 rings (SSSR count). The predicted molar refractivity (Wildman–Crippen MR) is 179 cm³/mol. The number of nitrogens with one attached hydrogen (secondary N) is 3. The number of ether oxygens (including phenoxy) is 3. The molecule has 1 atom stereocenters. The second kappa shape index (κ2) is 12.4. The zero-order chi connectivity index (χ0) is 33.5. The molecule has 4 N–H and O–H groups in total. The normalized spacial score (nSPS) is 15.3. The smallest absolute Gasteiger partial charge is 0.291 e. The fourth-order valence-corrected chi connectivity index (χ4v) is 6.44. The number of carbonyl (C=O) groups excluding carboxylic acids is 1. The molecule has 5 aromatic rings. The van der Waals surface area contributed by atoms with Crippen LogP contribution in [0.5, 0.6) is 11.8 Å². The first-order valence-corrected chi connectivity index (χ1v) is 15.6. The summed E-state index contributed by atoms with van der Waals surface area (Å²) in [4.78, 5) is 25.5. The molecule has 0 bridgehead atoms. The molecular weight excluding hydrogens is 598 g/mol. The van der Waals surface area contributed by atoms with Crippen LogP contribution in [0.4, 0.5) is 11.6 Å². The van der Waals surface area contributed by atoms with Crippen LogP contribution in [0, 0.1) is 6.92 Å². The second-order valence-electron chi connectivity index (χ2n) is 12.9. The van der Waals surface area contributed by atoms with Crippen LogP contribution in [0.15, 0.2) is 59.1 Å². The highest BCUT2D eigenvalue weighted by atomic mass is 16.5. The summed E-state index contributed by atoms with van der Waals surface area (Å²) in [5.74, 6) is 0.613. The van der Waals surface area contributed by atoms with E-state index in [2.05, 4.69) is 72.3 Å². The number of hydrogen-bond acceptors (Lipinski definition) is 9. The van der Waals surface area contributed by atoms with Crippen LogP contribution >= 0.6 is 0 Å². The lowest BCUT2D eigenvalue weighted by atomic mass is 9.86. The Morgan fingerprint density at radius 1 is 0.979 bits per heavy atom. The highest BCUT2D eigenvalue weighted by Crippen LogP contribution is 2.47. The number of furan rings is 1. The highest BCUT2D eigenvalue weighted by molar-refractivity contribution is 6.03. The minimum atomic E-state index is -0.508. The number of methoxy groups -OCH3 is 2.